The van der Waals surface area contributed by atoms with Gasteiger partial charge in [0.25, 0.3) is 0 Å². The summed E-state index contributed by atoms with van der Waals surface area (Å²) >= 11 is 6.04. The summed E-state index contributed by atoms with van der Waals surface area (Å²) in [5, 5.41) is 12.8. The number of hydrogen-bond acceptors (Lipinski definition) is 5. The Bertz CT molecular complexity index is 1430. The first-order chi connectivity index (χ1) is 18.4. The van der Waals surface area contributed by atoms with Gasteiger partial charge >= 0.3 is 12.1 Å². The molecule has 1 aliphatic rings. The molecule has 0 radical (unpaired) electrons. The van der Waals surface area contributed by atoms with E-state index in [-0.39, 0.29) is 25.6 Å². The number of ether oxygens (including phenoxy) is 2. The van der Waals surface area contributed by atoms with Gasteiger partial charge in [-0.15, -0.1) is 0 Å². The van der Waals surface area contributed by atoms with Crippen molar-refractivity contribution in [1.82, 2.24) is 5.32 Å². The first-order valence-corrected chi connectivity index (χ1v) is 12.6. The lowest BCUT2D eigenvalue weighted by Crippen LogP contribution is -2.42. The molecular weight excluding hydrogens is 506 g/mol. The van der Waals surface area contributed by atoms with Gasteiger partial charge in [-0.1, -0.05) is 60.1 Å². The highest BCUT2D eigenvalue weighted by atomic mass is 35.5. The maximum absolute atomic E-state index is 12.6. The summed E-state index contributed by atoms with van der Waals surface area (Å²) in [7, 11) is 0. The highest BCUT2D eigenvalue weighted by Gasteiger charge is 2.30. The average Bonchev–Trinajstić information content (AvgIpc) is 3.50. The predicted octanol–water partition coefficient (Wildman–Crippen LogP) is 6.35. The van der Waals surface area contributed by atoms with Gasteiger partial charge in [0.2, 0.25) is 0 Å². The summed E-state index contributed by atoms with van der Waals surface area (Å²) in [6, 6.07) is 23.5. The Morgan fingerprint density at radius 1 is 0.974 bits per heavy atom. The number of carbonyl (C=O) groups excluding carboxylic acids is 1. The Hall–Kier alpha value is -4.23. The molecule has 1 aliphatic carbocycles. The quantitative estimate of drug-likeness (QED) is 0.261. The lowest BCUT2D eigenvalue weighted by Gasteiger charge is -2.17. The second-order valence-electron chi connectivity index (χ2n) is 9.13. The molecule has 0 saturated heterocycles. The number of fused-ring (bicyclic) bond motifs is 3. The molecule has 1 unspecified atom stereocenters. The summed E-state index contributed by atoms with van der Waals surface area (Å²) in [6.07, 6.45) is -0.841. The summed E-state index contributed by atoms with van der Waals surface area (Å²) in [6.45, 7) is 2.15. The molecule has 4 aromatic rings. The average molecular weight is 532 g/mol. The van der Waals surface area contributed by atoms with Crippen LogP contribution in [0, 0.1) is 6.92 Å². The lowest BCUT2D eigenvalue weighted by atomic mass is 9.98. The van der Waals surface area contributed by atoms with Crippen LogP contribution in [0.4, 0.5) is 4.79 Å². The summed E-state index contributed by atoms with van der Waals surface area (Å²) in [5.41, 5.74) is 5.28. The van der Waals surface area contributed by atoms with E-state index >= 15 is 0 Å². The molecule has 0 bridgehead atoms. The first-order valence-electron chi connectivity index (χ1n) is 12.2. The van der Waals surface area contributed by atoms with Gasteiger partial charge < -0.3 is 24.3 Å². The van der Waals surface area contributed by atoms with Gasteiger partial charge in [-0.2, -0.15) is 0 Å². The summed E-state index contributed by atoms with van der Waals surface area (Å²) < 4.78 is 17.0. The van der Waals surface area contributed by atoms with E-state index in [4.69, 9.17) is 25.5 Å². The zero-order valence-corrected chi connectivity index (χ0v) is 21.4. The van der Waals surface area contributed by atoms with E-state index in [9.17, 15) is 14.7 Å². The van der Waals surface area contributed by atoms with E-state index in [0.29, 0.717) is 22.3 Å². The van der Waals surface area contributed by atoms with E-state index in [0.717, 1.165) is 27.8 Å². The monoisotopic (exact) mass is 531 g/mol. The van der Waals surface area contributed by atoms with Crippen molar-refractivity contribution in [3.05, 3.63) is 112 Å². The third-order valence-corrected chi connectivity index (χ3v) is 6.99. The number of amides is 1. The third-order valence-electron chi connectivity index (χ3n) is 6.57. The van der Waals surface area contributed by atoms with Crippen molar-refractivity contribution in [3.8, 4) is 16.9 Å². The van der Waals surface area contributed by atoms with Crippen molar-refractivity contribution in [2.24, 2.45) is 0 Å². The Balaban J connectivity index is 1.17. The molecule has 0 fully saturated rings. The molecule has 5 rings (SSSR count). The minimum Gasteiger partial charge on any atom is -0.486 e. The fourth-order valence-corrected chi connectivity index (χ4v) is 4.77. The topological polar surface area (TPSA) is 98.0 Å². The van der Waals surface area contributed by atoms with Crippen LogP contribution in [-0.4, -0.2) is 29.8 Å². The summed E-state index contributed by atoms with van der Waals surface area (Å²) in [4.78, 5) is 24.4. The molecule has 1 heterocycles. The second-order valence-corrected chi connectivity index (χ2v) is 9.54. The van der Waals surface area contributed by atoms with Crippen molar-refractivity contribution in [3.63, 3.8) is 0 Å². The SMILES string of the molecule is Cc1cc(OCc2ccc(CC(NC(=O)OCC3c4ccccc4-c4ccccc43)C(=O)O)o2)ccc1Cl. The van der Waals surface area contributed by atoms with Crippen molar-refractivity contribution in [2.45, 2.75) is 31.9 Å². The number of carboxylic acids is 1. The molecule has 3 aromatic carbocycles. The van der Waals surface area contributed by atoms with Gasteiger partial charge in [0, 0.05) is 17.4 Å². The van der Waals surface area contributed by atoms with E-state index in [1.165, 1.54) is 0 Å². The van der Waals surface area contributed by atoms with Crippen LogP contribution in [0.15, 0.2) is 83.3 Å². The molecule has 2 N–H and O–H groups in total. The molecule has 0 spiro atoms. The number of furan rings is 1. The van der Waals surface area contributed by atoms with E-state index in [2.05, 4.69) is 5.32 Å². The van der Waals surface area contributed by atoms with Crippen LogP contribution in [-0.2, 0) is 22.6 Å². The number of alkyl carbamates (subject to hydrolysis) is 1. The first kappa shape index (κ1) is 25.4. The molecule has 7 nitrogen and oxygen atoms in total. The van der Waals surface area contributed by atoms with Crippen LogP contribution < -0.4 is 10.1 Å². The molecular formula is C30H26ClNO6. The zero-order valence-electron chi connectivity index (χ0n) is 20.6. The van der Waals surface area contributed by atoms with Crippen LogP contribution in [0.25, 0.3) is 11.1 Å². The number of rotatable bonds is 9. The number of aliphatic carboxylic acids is 1. The molecule has 1 amide bonds. The highest BCUT2D eigenvalue weighted by molar-refractivity contribution is 6.31. The van der Waals surface area contributed by atoms with Gasteiger partial charge in [0.1, 0.15) is 36.5 Å². The highest BCUT2D eigenvalue weighted by Crippen LogP contribution is 2.44. The second kappa shape index (κ2) is 11.0. The number of carbonyl (C=O) groups is 2. The smallest absolute Gasteiger partial charge is 0.407 e. The molecule has 8 heteroatoms. The Morgan fingerprint density at radius 2 is 1.63 bits per heavy atom. The fraction of sp³-hybridized carbons (Fsp3) is 0.200. The largest absolute Gasteiger partial charge is 0.486 e. The number of carboxylic acid groups (broad SMARTS) is 1. The molecule has 0 saturated carbocycles. The third kappa shape index (κ3) is 5.53. The van der Waals surface area contributed by atoms with Crippen molar-refractivity contribution < 1.29 is 28.6 Å². The van der Waals surface area contributed by atoms with Gasteiger partial charge in [-0.3, -0.25) is 0 Å². The van der Waals surface area contributed by atoms with Gasteiger partial charge in [0.15, 0.2) is 0 Å². The van der Waals surface area contributed by atoms with Crippen molar-refractivity contribution in [1.29, 1.82) is 0 Å². The molecule has 38 heavy (non-hydrogen) atoms. The van der Waals surface area contributed by atoms with E-state index in [1.807, 2.05) is 61.5 Å². The van der Waals surface area contributed by atoms with Gasteiger partial charge in [-0.05, 0) is 65.1 Å². The molecule has 194 valence electrons. The Labute approximate surface area is 225 Å². The molecule has 1 atom stereocenters. The number of benzene rings is 3. The predicted molar refractivity (Wildman–Crippen MR) is 143 cm³/mol. The molecule has 0 aliphatic heterocycles. The summed E-state index contributed by atoms with van der Waals surface area (Å²) in [5.74, 6) is 0.267. The molecule has 1 aromatic heterocycles. The van der Waals surface area contributed by atoms with Gasteiger partial charge in [0.05, 0.1) is 0 Å². The maximum atomic E-state index is 12.6. The minimum absolute atomic E-state index is 0.0421. The number of halogens is 1. The zero-order chi connectivity index (χ0) is 26.6. The van der Waals surface area contributed by atoms with Crippen LogP contribution in [0.3, 0.4) is 0 Å². The van der Waals surface area contributed by atoms with Crippen LogP contribution in [0.5, 0.6) is 5.75 Å². The standard InChI is InChI=1S/C30H26ClNO6/c1-18-14-19(12-13-27(18)31)36-16-21-11-10-20(38-21)15-28(29(33)34)32-30(35)37-17-26-24-8-4-2-6-22(24)23-7-3-5-9-25(23)26/h2-14,26,28H,15-17H2,1H3,(H,32,35)(H,33,34). The van der Waals surface area contributed by atoms with Crippen LogP contribution >= 0.6 is 11.6 Å². The van der Waals surface area contributed by atoms with Crippen molar-refractivity contribution in [2.75, 3.05) is 6.61 Å². The lowest BCUT2D eigenvalue weighted by molar-refractivity contribution is -0.139. The Kier molecular flexibility index (Phi) is 7.38. The number of aryl methyl sites for hydroxylation is 1. The van der Waals surface area contributed by atoms with E-state index < -0.39 is 18.1 Å². The van der Waals surface area contributed by atoms with Crippen molar-refractivity contribution >= 4 is 23.7 Å². The van der Waals surface area contributed by atoms with E-state index in [1.54, 1.807) is 24.3 Å². The maximum Gasteiger partial charge on any atom is 0.407 e. The fourth-order valence-electron chi connectivity index (χ4n) is 4.65. The van der Waals surface area contributed by atoms with Gasteiger partial charge in [-0.25, -0.2) is 9.59 Å². The number of hydrogen-bond donors (Lipinski definition) is 2. The number of nitrogens with one attached hydrogen (secondary N) is 1. The van der Waals surface area contributed by atoms with Crippen LogP contribution in [0.1, 0.15) is 34.1 Å². The minimum atomic E-state index is -1.22. The van der Waals surface area contributed by atoms with Crippen LogP contribution in [0.2, 0.25) is 5.02 Å². The normalized spacial score (nSPS) is 12.9. The Morgan fingerprint density at radius 3 is 2.29 bits per heavy atom.